The molecule has 0 radical (unpaired) electrons. The zero-order valence-electron chi connectivity index (χ0n) is 12.3. The van der Waals surface area contributed by atoms with Crippen LogP contribution in [0.25, 0.3) is 10.9 Å². The molecule has 0 fully saturated rings. The Balaban J connectivity index is 1.74. The van der Waals surface area contributed by atoms with Gasteiger partial charge in [-0.25, -0.2) is 9.78 Å². The molecule has 0 aliphatic carbocycles. The van der Waals surface area contributed by atoms with Crippen LogP contribution in [0, 0.1) is 10.1 Å². The number of carbonyl (C=O) groups excluding carboxylic acids is 1. The van der Waals surface area contributed by atoms with Gasteiger partial charge in [-0.1, -0.05) is 23.7 Å². The molecule has 1 heterocycles. The second-order valence-corrected chi connectivity index (χ2v) is 5.43. The van der Waals surface area contributed by atoms with E-state index in [0.717, 1.165) is 5.39 Å². The average molecular weight is 343 g/mol. The van der Waals surface area contributed by atoms with Crippen molar-refractivity contribution in [1.82, 2.24) is 4.98 Å². The number of halogens is 1. The maximum absolute atomic E-state index is 12.1. The van der Waals surface area contributed by atoms with Gasteiger partial charge in [0.05, 0.1) is 16.0 Å². The summed E-state index contributed by atoms with van der Waals surface area (Å²) >= 11 is 5.82. The molecule has 3 aromatic rings. The molecule has 3 rings (SSSR count). The van der Waals surface area contributed by atoms with E-state index in [4.69, 9.17) is 16.3 Å². The van der Waals surface area contributed by atoms with E-state index >= 15 is 0 Å². The number of aromatic nitrogens is 1. The number of nitrogens with zero attached hydrogens (tertiary/aromatic N) is 2. The second-order valence-electron chi connectivity index (χ2n) is 5.04. The molecule has 0 bridgehead atoms. The highest BCUT2D eigenvalue weighted by Crippen LogP contribution is 2.19. The SMILES string of the molecule is O=C(OCc1cccc([N+](=O)[O-])c1)c1ccc2nc(Cl)ccc2c1. The molecule has 6 nitrogen and oxygen atoms in total. The number of rotatable bonds is 4. The minimum absolute atomic E-state index is 0.0442. The van der Waals surface area contributed by atoms with Crippen LogP contribution in [0.4, 0.5) is 5.69 Å². The molecule has 0 unspecified atom stereocenters. The largest absolute Gasteiger partial charge is 0.457 e. The lowest BCUT2D eigenvalue weighted by molar-refractivity contribution is -0.384. The average Bonchev–Trinajstić information content (AvgIpc) is 2.59. The number of hydrogen-bond acceptors (Lipinski definition) is 5. The minimum atomic E-state index is -0.515. The van der Waals surface area contributed by atoms with E-state index in [1.165, 1.54) is 12.1 Å². The van der Waals surface area contributed by atoms with Gasteiger partial charge in [-0.2, -0.15) is 0 Å². The first kappa shape index (κ1) is 15.9. The molecule has 1 aromatic heterocycles. The van der Waals surface area contributed by atoms with Crippen molar-refractivity contribution in [2.75, 3.05) is 0 Å². The first-order chi connectivity index (χ1) is 11.5. The lowest BCUT2D eigenvalue weighted by atomic mass is 10.1. The third-order valence-electron chi connectivity index (χ3n) is 3.38. The summed E-state index contributed by atoms with van der Waals surface area (Å²) in [5.74, 6) is -0.515. The van der Waals surface area contributed by atoms with E-state index in [-0.39, 0.29) is 12.3 Å². The fourth-order valence-electron chi connectivity index (χ4n) is 2.22. The lowest BCUT2D eigenvalue weighted by Gasteiger charge is -2.06. The van der Waals surface area contributed by atoms with E-state index in [9.17, 15) is 14.9 Å². The van der Waals surface area contributed by atoms with Crippen molar-refractivity contribution in [3.63, 3.8) is 0 Å². The highest BCUT2D eigenvalue weighted by molar-refractivity contribution is 6.29. The molecular weight excluding hydrogens is 332 g/mol. The van der Waals surface area contributed by atoms with Gasteiger partial charge in [0.15, 0.2) is 0 Å². The molecule has 24 heavy (non-hydrogen) atoms. The number of hydrogen-bond donors (Lipinski definition) is 0. The number of benzene rings is 2. The predicted octanol–water partition coefficient (Wildman–Crippen LogP) is 4.15. The maximum atomic E-state index is 12.1. The Bertz CT molecular complexity index is 943. The van der Waals surface area contributed by atoms with Gasteiger partial charge in [-0.15, -0.1) is 0 Å². The van der Waals surface area contributed by atoms with Crippen molar-refractivity contribution >= 4 is 34.2 Å². The number of fused-ring (bicyclic) bond motifs is 1. The number of nitro benzene ring substituents is 1. The van der Waals surface area contributed by atoms with Crippen LogP contribution in [0.2, 0.25) is 5.15 Å². The number of pyridine rings is 1. The number of esters is 1. The molecule has 7 heteroatoms. The van der Waals surface area contributed by atoms with Crippen molar-refractivity contribution in [1.29, 1.82) is 0 Å². The molecule has 120 valence electrons. The highest BCUT2D eigenvalue weighted by Gasteiger charge is 2.11. The number of non-ortho nitro benzene ring substituents is 1. The van der Waals surface area contributed by atoms with Crippen LogP contribution in [-0.2, 0) is 11.3 Å². The summed E-state index contributed by atoms with van der Waals surface area (Å²) in [6, 6.07) is 14.3. The molecule has 0 N–H and O–H groups in total. The van der Waals surface area contributed by atoms with E-state index in [2.05, 4.69) is 4.98 Å². The third kappa shape index (κ3) is 3.49. The van der Waals surface area contributed by atoms with Crippen LogP contribution < -0.4 is 0 Å². The van der Waals surface area contributed by atoms with Crippen molar-refractivity contribution in [2.45, 2.75) is 6.61 Å². The summed E-state index contributed by atoms with van der Waals surface area (Å²) in [7, 11) is 0. The van der Waals surface area contributed by atoms with Crippen LogP contribution in [0.3, 0.4) is 0 Å². The van der Waals surface area contributed by atoms with Crippen molar-refractivity contribution < 1.29 is 14.5 Å². The smallest absolute Gasteiger partial charge is 0.338 e. The standard InChI is InChI=1S/C17H11ClN2O4/c18-16-7-5-12-9-13(4-6-15(12)19-16)17(21)24-10-11-2-1-3-14(8-11)20(22)23/h1-9H,10H2. The van der Waals surface area contributed by atoms with Gasteiger partial charge in [0.2, 0.25) is 0 Å². The van der Waals surface area contributed by atoms with Crippen molar-refractivity contribution in [3.05, 3.63) is 81.0 Å². The lowest BCUT2D eigenvalue weighted by Crippen LogP contribution is -2.05. The highest BCUT2D eigenvalue weighted by atomic mass is 35.5. The van der Waals surface area contributed by atoms with Gasteiger partial charge in [0.25, 0.3) is 5.69 Å². The normalized spacial score (nSPS) is 10.5. The summed E-state index contributed by atoms with van der Waals surface area (Å²) in [5, 5.41) is 11.9. The molecule has 0 aliphatic rings. The van der Waals surface area contributed by atoms with Crippen LogP contribution in [-0.4, -0.2) is 15.9 Å². The summed E-state index contributed by atoms with van der Waals surface area (Å²) in [6.45, 7) is -0.0442. The van der Waals surface area contributed by atoms with E-state index < -0.39 is 10.9 Å². The van der Waals surface area contributed by atoms with Crippen LogP contribution in [0.5, 0.6) is 0 Å². The number of carbonyl (C=O) groups is 1. The fraction of sp³-hybridized carbons (Fsp3) is 0.0588. The first-order valence-electron chi connectivity index (χ1n) is 7.00. The van der Waals surface area contributed by atoms with Crippen LogP contribution in [0.15, 0.2) is 54.6 Å². The van der Waals surface area contributed by atoms with Crippen LogP contribution in [0.1, 0.15) is 15.9 Å². The van der Waals surface area contributed by atoms with Gasteiger partial charge in [-0.3, -0.25) is 10.1 Å². The summed E-state index contributed by atoms with van der Waals surface area (Å²) in [6.07, 6.45) is 0. The second kappa shape index (κ2) is 6.64. The van der Waals surface area contributed by atoms with Gasteiger partial charge < -0.3 is 4.74 Å². The Hall–Kier alpha value is -2.99. The topological polar surface area (TPSA) is 82.3 Å². The molecule has 2 aromatic carbocycles. The number of ether oxygens (including phenoxy) is 1. The number of nitro groups is 1. The molecule has 0 saturated carbocycles. The molecule has 0 amide bonds. The molecule has 0 spiro atoms. The van der Waals surface area contributed by atoms with Gasteiger partial charge in [0.1, 0.15) is 11.8 Å². The Kier molecular flexibility index (Phi) is 4.39. The summed E-state index contributed by atoms with van der Waals surface area (Å²) in [5.41, 5.74) is 1.55. The summed E-state index contributed by atoms with van der Waals surface area (Å²) in [4.78, 5) is 26.5. The van der Waals surface area contributed by atoms with Gasteiger partial charge >= 0.3 is 5.97 Å². The van der Waals surface area contributed by atoms with Crippen molar-refractivity contribution in [2.24, 2.45) is 0 Å². The van der Waals surface area contributed by atoms with Gasteiger partial charge in [0, 0.05) is 17.5 Å². The van der Waals surface area contributed by atoms with Gasteiger partial charge in [-0.05, 0) is 35.9 Å². The molecule has 0 saturated heterocycles. The fourth-order valence-corrected chi connectivity index (χ4v) is 2.37. The van der Waals surface area contributed by atoms with E-state index in [0.29, 0.717) is 21.8 Å². The van der Waals surface area contributed by atoms with E-state index in [1.807, 2.05) is 0 Å². The van der Waals surface area contributed by atoms with Crippen molar-refractivity contribution in [3.8, 4) is 0 Å². The molecular formula is C17H11ClN2O4. The minimum Gasteiger partial charge on any atom is -0.457 e. The van der Waals surface area contributed by atoms with Crippen LogP contribution >= 0.6 is 11.6 Å². The third-order valence-corrected chi connectivity index (χ3v) is 3.59. The summed E-state index contributed by atoms with van der Waals surface area (Å²) < 4.78 is 5.21. The molecule has 0 aliphatic heterocycles. The van der Waals surface area contributed by atoms with E-state index in [1.54, 1.807) is 42.5 Å². The zero-order valence-corrected chi connectivity index (χ0v) is 13.1. The monoisotopic (exact) mass is 342 g/mol. The quantitative estimate of drug-likeness (QED) is 0.308. The Morgan fingerprint density at radius 3 is 2.79 bits per heavy atom. The molecule has 0 atom stereocenters. The maximum Gasteiger partial charge on any atom is 0.338 e. The first-order valence-corrected chi connectivity index (χ1v) is 7.37. The predicted molar refractivity (Wildman–Crippen MR) is 89.0 cm³/mol. The Morgan fingerprint density at radius 2 is 2.00 bits per heavy atom. The Labute approximate surface area is 141 Å². The zero-order chi connectivity index (χ0) is 17.1. The Morgan fingerprint density at radius 1 is 1.17 bits per heavy atom.